The summed E-state index contributed by atoms with van der Waals surface area (Å²) in [5.74, 6) is 0. The van der Waals surface area contributed by atoms with E-state index in [0.717, 1.165) is 25.0 Å². The predicted octanol–water partition coefficient (Wildman–Crippen LogP) is -0.236. The molecule has 0 amide bonds. The lowest BCUT2D eigenvalue weighted by Gasteiger charge is -2.34. The molecule has 8 heteroatoms. The number of morpholine rings is 1. The van der Waals surface area contributed by atoms with Crippen LogP contribution in [-0.2, 0) is 40.9 Å². The van der Waals surface area contributed by atoms with E-state index >= 15 is 0 Å². The summed E-state index contributed by atoms with van der Waals surface area (Å²) in [7, 11) is -3.38. The van der Waals surface area contributed by atoms with Crippen molar-refractivity contribution in [3.8, 4) is 0 Å². The standard InChI is InChI=1S/C13H20N4O3S/c18-21(19,15-6-8-20-9-7-15)16-4-5-17-13(10-16)11-2-1-3-12(11)14-17/h1-10H2. The number of fused-ring (bicyclic) bond motifs is 3. The highest BCUT2D eigenvalue weighted by Crippen LogP contribution is 2.29. The summed E-state index contributed by atoms with van der Waals surface area (Å²) in [6.45, 7) is 3.51. The van der Waals surface area contributed by atoms with E-state index < -0.39 is 10.2 Å². The van der Waals surface area contributed by atoms with Crippen LogP contribution in [0.3, 0.4) is 0 Å². The highest BCUT2D eigenvalue weighted by molar-refractivity contribution is 7.86. The predicted molar refractivity (Wildman–Crippen MR) is 76.0 cm³/mol. The molecule has 2 aliphatic heterocycles. The van der Waals surface area contributed by atoms with Crippen LogP contribution in [0.1, 0.15) is 23.4 Å². The first-order valence-corrected chi connectivity index (χ1v) is 8.96. The number of aryl methyl sites for hydroxylation is 1. The molecule has 116 valence electrons. The molecule has 1 saturated heterocycles. The van der Waals surface area contributed by atoms with Gasteiger partial charge in [-0.15, -0.1) is 0 Å². The Balaban J connectivity index is 1.60. The van der Waals surface area contributed by atoms with Gasteiger partial charge in [-0.2, -0.15) is 22.1 Å². The third-order valence-corrected chi connectivity index (χ3v) is 6.58. The quantitative estimate of drug-likeness (QED) is 0.756. The minimum atomic E-state index is -3.38. The molecule has 4 rings (SSSR count). The second kappa shape index (κ2) is 5.05. The number of hydrogen-bond acceptors (Lipinski definition) is 4. The maximum Gasteiger partial charge on any atom is 0.282 e. The average Bonchev–Trinajstić information content (AvgIpc) is 3.08. The van der Waals surface area contributed by atoms with E-state index in [9.17, 15) is 8.42 Å². The smallest absolute Gasteiger partial charge is 0.282 e. The number of ether oxygens (including phenoxy) is 1. The topological polar surface area (TPSA) is 67.7 Å². The van der Waals surface area contributed by atoms with E-state index in [-0.39, 0.29) is 0 Å². The molecule has 0 N–H and O–H groups in total. The van der Waals surface area contributed by atoms with Crippen molar-refractivity contribution in [2.45, 2.75) is 32.4 Å². The number of aromatic nitrogens is 2. The SMILES string of the molecule is O=S(=O)(N1CCOCC1)N1CCn2nc3c(c2C1)CCC3. The molecule has 0 bridgehead atoms. The van der Waals surface area contributed by atoms with E-state index in [2.05, 4.69) is 5.10 Å². The lowest BCUT2D eigenvalue weighted by molar-refractivity contribution is 0.0695. The molecule has 0 saturated carbocycles. The molecule has 3 aliphatic rings. The van der Waals surface area contributed by atoms with E-state index in [1.165, 1.54) is 11.3 Å². The van der Waals surface area contributed by atoms with Gasteiger partial charge >= 0.3 is 0 Å². The number of hydrogen-bond donors (Lipinski definition) is 0. The summed E-state index contributed by atoms with van der Waals surface area (Å²) in [6, 6.07) is 0. The Morgan fingerprint density at radius 1 is 1.00 bits per heavy atom. The van der Waals surface area contributed by atoms with Gasteiger partial charge in [-0.25, -0.2) is 0 Å². The fourth-order valence-electron chi connectivity index (χ4n) is 3.46. The summed E-state index contributed by atoms with van der Waals surface area (Å²) in [6.07, 6.45) is 3.21. The fourth-order valence-corrected chi connectivity index (χ4v) is 5.00. The van der Waals surface area contributed by atoms with Crippen LogP contribution >= 0.6 is 0 Å². The van der Waals surface area contributed by atoms with E-state index in [0.29, 0.717) is 45.9 Å². The Hall–Kier alpha value is -0.960. The molecule has 1 aromatic rings. The van der Waals surface area contributed by atoms with Crippen molar-refractivity contribution in [2.24, 2.45) is 0 Å². The lowest BCUT2D eigenvalue weighted by Crippen LogP contribution is -2.50. The monoisotopic (exact) mass is 312 g/mol. The van der Waals surface area contributed by atoms with Crippen LogP contribution in [0.4, 0.5) is 0 Å². The van der Waals surface area contributed by atoms with Crippen LogP contribution in [-0.4, -0.2) is 59.7 Å². The van der Waals surface area contributed by atoms with Gasteiger partial charge in [0.1, 0.15) is 0 Å². The summed E-state index contributed by atoms with van der Waals surface area (Å²) in [4.78, 5) is 0. The van der Waals surface area contributed by atoms with Crippen LogP contribution < -0.4 is 0 Å². The minimum absolute atomic E-state index is 0.455. The molecule has 0 unspecified atom stereocenters. The van der Waals surface area contributed by atoms with Crippen LogP contribution in [0.2, 0.25) is 0 Å². The summed E-state index contributed by atoms with van der Waals surface area (Å²) < 4.78 is 35.9. The summed E-state index contributed by atoms with van der Waals surface area (Å²) >= 11 is 0. The van der Waals surface area contributed by atoms with Gasteiger partial charge in [0.2, 0.25) is 0 Å². The molecule has 0 radical (unpaired) electrons. The van der Waals surface area contributed by atoms with E-state index in [4.69, 9.17) is 4.74 Å². The second-order valence-corrected chi connectivity index (χ2v) is 7.73. The lowest BCUT2D eigenvalue weighted by atomic mass is 10.2. The summed E-state index contributed by atoms with van der Waals surface area (Å²) in [5, 5.41) is 4.62. The van der Waals surface area contributed by atoms with Gasteiger partial charge in [-0.3, -0.25) is 4.68 Å². The van der Waals surface area contributed by atoms with Gasteiger partial charge in [-0.05, 0) is 24.8 Å². The van der Waals surface area contributed by atoms with Gasteiger partial charge < -0.3 is 4.74 Å². The summed E-state index contributed by atoms with van der Waals surface area (Å²) in [5.41, 5.74) is 3.57. The van der Waals surface area contributed by atoms with Gasteiger partial charge in [0.15, 0.2) is 0 Å². The normalized spacial score (nSPS) is 24.0. The number of rotatable bonds is 2. The van der Waals surface area contributed by atoms with Gasteiger partial charge in [0, 0.05) is 19.6 Å². The molecule has 0 atom stereocenters. The maximum absolute atomic E-state index is 12.7. The third-order valence-electron chi connectivity index (χ3n) is 4.60. The first-order chi connectivity index (χ1) is 10.2. The third kappa shape index (κ3) is 2.21. The van der Waals surface area contributed by atoms with Crippen molar-refractivity contribution in [3.05, 3.63) is 17.0 Å². The van der Waals surface area contributed by atoms with Crippen LogP contribution in [0.15, 0.2) is 0 Å². The molecule has 1 aromatic heterocycles. The first kappa shape index (κ1) is 13.7. The molecule has 21 heavy (non-hydrogen) atoms. The highest BCUT2D eigenvalue weighted by Gasteiger charge is 2.35. The largest absolute Gasteiger partial charge is 0.379 e. The van der Waals surface area contributed by atoms with Crippen LogP contribution in [0.5, 0.6) is 0 Å². The van der Waals surface area contributed by atoms with Crippen molar-refractivity contribution in [3.63, 3.8) is 0 Å². The molecule has 7 nitrogen and oxygen atoms in total. The zero-order valence-corrected chi connectivity index (χ0v) is 12.8. The molecular formula is C13H20N4O3S. The minimum Gasteiger partial charge on any atom is -0.379 e. The van der Waals surface area contributed by atoms with Crippen molar-refractivity contribution in [2.75, 3.05) is 32.8 Å². The second-order valence-electron chi connectivity index (χ2n) is 5.80. The molecule has 1 aliphatic carbocycles. The molecule has 3 heterocycles. The first-order valence-electron chi connectivity index (χ1n) is 7.56. The van der Waals surface area contributed by atoms with E-state index in [1.807, 2.05) is 4.68 Å². The Morgan fingerprint density at radius 3 is 2.62 bits per heavy atom. The van der Waals surface area contributed by atoms with Crippen molar-refractivity contribution in [1.82, 2.24) is 18.4 Å². The molecule has 0 aromatic carbocycles. The van der Waals surface area contributed by atoms with Crippen LogP contribution in [0.25, 0.3) is 0 Å². The van der Waals surface area contributed by atoms with E-state index in [1.54, 1.807) is 8.61 Å². The number of nitrogens with zero attached hydrogens (tertiary/aromatic N) is 4. The van der Waals surface area contributed by atoms with Crippen molar-refractivity contribution >= 4 is 10.2 Å². The van der Waals surface area contributed by atoms with Crippen LogP contribution in [0, 0.1) is 0 Å². The van der Waals surface area contributed by atoms with Crippen molar-refractivity contribution < 1.29 is 13.2 Å². The zero-order valence-electron chi connectivity index (χ0n) is 12.0. The Labute approximate surface area is 124 Å². The molecule has 0 spiro atoms. The average molecular weight is 312 g/mol. The zero-order chi connectivity index (χ0) is 14.4. The fraction of sp³-hybridized carbons (Fsp3) is 0.769. The Kier molecular flexibility index (Phi) is 3.29. The molecular weight excluding hydrogens is 292 g/mol. The van der Waals surface area contributed by atoms with Gasteiger partial charge in [0.25, 0.3) is 10.2 Å². The molecule has 1 fully saturated rings. The van der Waals surface area contributed by atoms with Gasteiger partial charge in [-0.1, -0.05) is 0 Å². The van der Waals surface area contributed by atoms with Crippen molar-refractivity contribution in [1.29, 1.82) is 0 Å². The Morgan fingerprint density at radius 2 is 1.81 bits per heavy atom. The maximum atomic E-state index is 12.7. The Bertz CT molecular complexity index is 649. The highest BCUT2D eigenvalue weighted by atomic mass is 32.2. The van der Waals surface area contributed by atoms with Gasteiger partial charge in [0.05, 0.1) is 37.7 Å².